The van der Waals surface area contributed by atoms with Crippen molar-refractivity contribution in [2.45, 2.75) is 38.5 Å². The minimum Gasteiger partial charge on any atom is -0.380 e. The average Bonchev–Trinajstić information content (AvgIpc) is 2.96. The van der Waals surface area contributed by atoms with E-state index in [1.54, 1.807) is 18.0 Å². The summed E-state index contributed by atoms with van der Waals surface area (Å²) in [5, 5.41) is 7.43. The molecule has 18 heavy (non-hydrogen) atoms. The molecule has 2 rings (SSSR count). The van der Waals surface area contributed by atoms with Crippen molar-refractivity contribution in [1.82, 2.24) is 15.1 Å². The van der Waals surface area contributed by atoms with Gasteiger partial charge in [-0.1, -0.05) is 6.92 Å². The van der Waals surface area contributed by atoms with E-state index < -0.39 is 0 Å². The number of aromatic nitrogens is 2. The second-order valence-corrected chi connectivity index (χ2v) is 5.34. The molecule has 2 atom stereocenters. The lowest BCUT2D eigenvalue weighted by Crippen LogP contribution is -2.32. The predicted molar refractivity (Wildman–Crippen MR) is 71.8 cm³/mol. The van der Waals surface area contributed by atoms with E-state index >= 15 is 0 Å². The molecule has 1 aromatic heterocycles. The van der Waals surface area contributed by atoms with Crippen LogP contribution in [0.1, 0.15) is 30.3 Å². The molecule has 0 spiro atoms. The lowest BCUT2D eigenvalue weighted by Gasteiger charge is -2.11. The summed E-state index contributed by atoms with van der Waals surface area (Å²) in [5.74, 6) is 0.0902. The van der Waals surface area contributed by atoms with Crippen molar-refractivity contribution in [2.24, 2.45) is 0 Å². The van der Waals surface area contributed by atoms with Gasteiger partial charge in [-0.25, -0.2) is 0 Å². The fourth-order valence-corrected chi connectivity index (χ4v) is 2.73. The molecule has 1 saturated heterocycles. The smallest absolute Gasteiger partial charge is 0.198 e. The highest BCUT2D eigenvalue weighted by atomic mass is 79.9. The summed E-state index contributed by atoms with van der Waals surface area (Å²) >= 11 is 3.40. The number of aryl methyl sites for hydroxylation is 1. The molecular formula is C12H18BrN3O2. The third kappa shape index (κ3) is 2.65. The Balaban J connectivity index is 2.16. The van der Waals surface area contributed by atoms with Crippen LogP contribution in [0.5, 0.6) is 0 Å². The molecule has 0 aliphatic carbocycles. The third-order valence-corrected chi connectivity index (χ3v) is 3.78. The van der Waals surface area contributed by atoms with Gasteiger partial charge in [0, 0.05) is 20.2 Å². The van der Waals surface area contributed by atoms with Crippen molar-refractivity contribution in [3.05, 3.63) is 16.4 Å². The Bertz CT molecular complexity index is 433. The Morgan fingerprint density at radius 3 is 3.11 bits per heavy atom. The third-order valence-electron chi connectivity index (χ3n) is 3.20. The number of halogens is 1. The summed E-state index contributed by atoms with van der Waals surface area (Å²) in [6, 6.07) is -0.168. The van der Waals surface area contributed by atoms with Gasteiger partial charge < -0.3 is 10.1 Å². The van der Waals surface area contributed by atoms with Crippen LogP contribution in [0.3, 0.4) is 0 Å². The molecular weight excluding hydrogens is 298 g/mol. The summed E-state index contributed by atoms with van der Waals surface area (Å²) in [7, 11) is 1.68. The van der Waals surface area contributed by atoms with Crippen molar-refractivity contribution in [3.8, 4) is 0 Å². The van der Waals surface area contributed by atoms with Gasteiger partial charge in [0.15, 0.2) is 5.78 Å². The zero-order chi connectivity index (χ0) is 13.1. The van der Waals surface area contributed by atoms with Crippen LogP contribution in [0.2, 0.25) is 0 Å². The van der Waals surface area contributed by atoms with Crippen LogP contribution >= 0.6 is 15.9 Å². The van der Waals surface area contributed by atoms with Crippen molar-refractivity contribution < 1.29 is 9.53 Å². The van der Waals surface area contributed by atoms with E-state index in [1.165, 1.54) is 0 Å². The van der Waals surface area contributed by atoms with Crippen LogP contribution in [-0.4, -0.2) is 41.4 Å². The maximum absolute atomic E-state index is 12.5. The molecule has 0 aromatic carbocycles. The Morgan fingerprint density at radius 1 is 1.72 bits per heavy atom. The second-order valence-electron chi connectivity index (χ2n) is 4.48. The van der Waals surface area contributed by atoms with E-state index in [0.717, 1.165) is 30.4 Å². The maximum atomic E-state index is 12.5. The van der Waals surface area contributed by atoms with Gasteiger partial charge in [0.05, 0.1) is 22.8 Å². The summed E-state index contributed by atoms with van der Waals surface area (Å²) < 4.78 is 7.81. The molecule has 0 radical (unpaired) electrons. The van der Waals surface area contributed by atoms with E-state index in [-0.39, 0.29) is 17.9 Å². The standard InChI is InChI=1S/C12H18BrN3O2/c1-3-4-16-11(9(13)7-15-16)12(17)10-5-8(18-2)6-14-10/h7-8,10,14H,3-6H2,1-2H3. The fourth-order valence-electron chi connectivity index (χ4n) is 2.24. The van der Waals surface area contributed by atoms with Gasteiger partial charge >= 0.3 is 0 Å². The molecule has 1 aromatic rings. The summed E-state index contributed by atoms with van der Waals surface area (Å²) in [4.78, 5) is 12.5. The highest BCUT2D eigenvalue weighted by molar-refractivity contribution is 9.10. The number of hydrogen-bond acceptors (Lipinski definition) is 4. The topological polar surface area (TPSA) is 56.2 Å². The molecule has 5 nitrogen and oxygen atoms in total. The number of methoxy groups -OCH3 is 1. The van der Waals surface area contributed by atoms with Crippen molar-refractivity contribution in [1.29, 1.82) is 0 Å². The van der Waals surface area contributed by atoms with Gasteiger partial charge in [-0.15, -0.1) is 0 Å². The average molecular weight is 316 g/mol. The van der Waals surface area contributed by atoms with Crippen LogP contribution < -0.4 is 5.32 Å². The lowest BCUT2D eigenvalue weighted by molar-refractivity contribution is 0.0908. The Labute approximate surface area is 115 Å². The minimum absolute atomic E-state index is 0.0902. The van der Waals surface area contributed by atoms with E-state index in [2.05, 4.69) is 33.3 Å². The van der Waals surface area contributed by atoms with Crippen LogP contribution in [0.4, 0.5) is 0 Å². The molecule has 0 bridgehead atoms. The number of ketones is 1. The largest absolute Gasteiger partial charge is 0.380 e. The van der Waals surface area contributed by atoms with Gasteiger partial charge in [0.2, 0.25) is 0 Å². The normalized spacial score (nSPS) is 23.5. The Morgan fingerprint density at radius 2 is 2.50 bits per heavy atom. The van der Waals surface area contributed by atoms with Crippen LogP contribution in [-0.2, 0) is 11.3 Å². The first-order valence-corrected chi connectivity index (χ1v) is 6.98. The highest BCUT2D eigenvalue weighted by Gasteiger charge is 2.32. The summed E-state index contributed by atoms with van der Waals surface area (Å²) in [6.07, 6.45) is 3.48. The van der Waals surface area contributed by atoms with Crippen LogP contribution in [0.25, 0.3) is 0 Å². The Hall–Kier alpha value is -0.720. The zero-order valence-corrected chi connectivity index (χ0v) is 12.2. The molecule has 0 amide bonds. The number of Topliss-reactive ketones (excluding diaryl/α,β-unsaturated/α-hetero) is 1. The first-order chi connectivity index (χ1) is 8.67. The quantitative estimate of drug-likeness (QED) is 0.839. The molecule has 1 aliphatic rings. The number of nitrogens with one attached hydrogen (secondary N) is 1. The second kappa shape index (κ2) is 5.95. The Kier molecular flexibility index (Phi) is 4.53. The monoisotopic (exact) mass is 315 g/mol. The lowest BCUT2D eigenvalue weighted by atomic mass is 10.1. The van der Waals surface area contributed by atoms with E-state index in [9.17, 15) is 4.79 Å². The van der Waals surface area contributed by atoms with Crippen LogP contribution in [0, 0.1) is 0 Å². The molecule has 2 heterocycles. The SMILES string of the molecule is CCCn1ncc(Br)c1C(=O)C1CC(OC)CN1. The first kappa shape index (κ1) is 13.7. The molecule has 1 aliphatic heterocycles. The fraction of sp³-hybridized carbons (Fsp3) is 0.667. The molecule has 1 fully saturated rings. The highest BCUT2D eigenvalue weighted by Crippen LogP contribution is 2.21. The number of rotatable bonds is 5. The molecule has 6 heteroatoms. The molecule has 100 valence electrons. The zero-order valence-electron chi connectivity index (χ0n) is 10.6. The predicted octanol–water partition coefficient (Wildman–Crippen LogP) is 1.62. The van der Waals surface area contributed by atoms with E-state index in [1.807, 2.05) is 0 Å². The van der Waals surface area contributed by atoms with Crippen molar-refractivity contribution >= 4 is 21.7 Å². The molecule has 0 saturated carbocycles. The van der Waals surface area contributed by atoms with Crippen molar-refractivity contribution in [3.63, 3.8) is 0 Å². The van der Waals surface area contributed by atoms with Crippen molar-refractivity contribution in [2.75, 3.05) is 13.7 Å². The number of carbonyl (C=O) groups is 1. The number of carbonyl (C=O) groups excluding carboxylic acids is 1. The van der Waals surface area contributed by atoms with Gasteiger partial charge in [0.25, 0.3) is 0 Å². The number of nitrogens with zero attached hydrogens (tertiary/aromatic N) is 2. The van der Waals surface area contributed by atoms with Gasteiger partial charge in [0.1, 0.15) is 5.69 Å². The number of hydrogen-bond donors (Lipinski definition) is 1. The summed E-state index contributed by atoms with van der Waals surface area (Å²) in [5.41, 5.74) is 0.658. The first-order valence-electron chi connectivity index (χ1n) is 6.19. The molecule has 1 N–H and O–H groups in total. The minimum atomic E-state index is -0.168. The van der Waals surface area contributed by atoms with Gasteiger partial charge in [-0.2, -0.15) is 5.10 Å². The van der Waals surface area contributed by atoms with E-state index in [4.69, 9.17) is 4.74 Å². The van der Waals surface area contributed by atoms with E-state index in [0.29, 0.717) is 5.69 Å². The number of ether oxygens (including phenoxy) is 1. The van der Waals surface area contributed by atoms with Gasteiger partial charge in [-0.3, -0.25) is 9.48 Å². The van der Waals surface area contributed by atoms with Crippen LogP contribution in [0.15, 0.2) is 10.7 Å². The van der Waals surface area contributed by atoms with Gasteiger partial charge in [-0.05, 0) is 28.8 Å². The molecule has 2 unspecified atom stereocenters. The maximum Gasteiger partial charge on any atom is 0.198 e. The summed E-state index contributed by atoms with van der Waals surface area (Å²) in [6.45, 7) is 3.55.